The summed E-state index contributed by atoms with van der Waals surface area (Å²) in [5.41, 5.74) is 3.09. The number of ketones is 3. The number of aromatic hydroxyl groups is 1. The Balaban J connectivity index is 1.45. The molecular weight excluding hydrogens is 613 g/mol. The number of phenolic OH excluding ortho intramolecular Hbond substituents is 1. The molecule has 1 saturated carbocycles. The standard InChI is InChI=1S/C32H31F3N2O9/c1-37(2)21-12-15(5-6-18(38)9-14-3-7-19(8-4-14)46-32(33,34)35)26(40)24-20(21)11-16-10-17-13-22(39)25(30(36)44)29(43)31(17,45)28(42)23(16)27(24)41/h3-4,7-8,12,16-17,40-41,43,45H,5-6,9-11,13H2,1-2H3,(H2,36,44)/t16-,17+,31+/m1/s1. The minimum atomic E-state index is -4.85. The summed E-state index contributed by atoms with van der Waals surface area (Å²) in [7, 11) is 3.45. The highest BCUT2D eigenvalue weighted by Gasteiger charge is 2.60. The number of aryl methyl sites for hydroxylation is 1. The van der Waals surface area contributed by atoms with Crippen molar-refractivity contribution in [3.63, 3.8) is 0 Å². The molecule has 0 aromatic heterocycles. The Morgan fingerprint density at radius 2 is 1.74 bits per heavy atom. The molecular formula is C32H31F3N2O9. The normalized spacial score (nSPS) is 22.7. The molecule has 0 unspecified atom stereocenters. The van der Waals surface area contributed by atoms with Gasteiger partial charge in [-0.25, -0.2) is 0 Å². The quantitative estimate of drug-likeness (QED) is 0.267. The van der Waals surface area contributed by atoms with Gasteiger partial charge in [0.2, 0.25) is 5.78 Å². The van der Waals surface area contributed by atoms with E-state index in [2.05, 4.69) is 4.74 Å². The molecule has 46 heavy (non-hydrogen) atoms. The second-order valence-corrected chi connectivity index (χ2v) is 12.0. The van der Waals surface area contributed by atoms with Gasteiger partial charge in [0.05, 0.1) is 5.56 Å². The first-order valence-electron chi connectivity index (χ1n) is 14.3. The Morgan fingerprint density at radius 3 is 2.33 bits per heavy atom. The van der Waals surface area contributed by atoms with E-state index in [1.54, 1.807) is 25.1 Å². The highest BCUT2D eigenvalue weighted by Crippen LogP contribution is 2.53. The number of carbonyl (C=O) groups excluding carboxylic acids is 4. The molecule has 11 nitrogen and oxygen atoms in total. The van der Waals surface area contributed by atoms with E-state index in [4.69, 9.17) is 5.73 Å². The number of phenols is 1. The molecule has 3 atom stereocenters. The lowest BCUT2D eigenvalue weighted by atomic mass is 9.59. The number of fused-ring (bicyclic) bond motifs is 3. The van der Waals surface area contributed by atoms with Crippen molar-refractivity contribution in [1.82, 2.24) is 0 Å². The minimum Gasteiger partial charge on any atom is -0.508 e. The Bertz CT molecular complexity index is 1730. The molecule has 244 valence electrons. The van der Waals surface area contributed by atoms with Crippen LogP contribution in [-0.2, 0) is 38.4 Å². The second-order valence-electron chi connectivity index (χ2n) is 12.0. The number of halogens is 3. The average molecular weight is 645 g/mol. The number of benzene rings is 2. The molecule has 5 rings (SSSR count). The van der Waals surface area contributed by atoms with E-state index in [1.165, 1.54) is 12.1 Å². The van der Waals surface area contributed by atoms with E-state index in [-0.39, 0.29) is 54.6 Å². The topological polar surface area (TPSA) is 188 Å². The number of alkyl halides is 3. The summed E-state index contributed by atoms with van der Waals surface area (Å²) in [6.45, 7) is 0. The van der Waals surface area contributed by atoms with E-state index in [1.807, 2.05) is 0 Å². The van der Waals surface area contributed by atoms with Gasteiger partial charge in [0.15, 0.2) is 11.4 Å². The molecule has 0 radical (unpaired) electrons. The van der Waals surface area contributed by atoms with Crippen LogP contribution >= 0.6 is 0 Å². The summed E-state index contributed by atoms with van der Waals surface area (Å²) in [6, 6.07) is 6.52. The molecule has 0 spiro atoms. The van der Waals surface area contributed by atoms with Crippen molar-refractivity contribution < 1.29 is 57.5 Å². The van der Waals surface area contributed by atoms with E-state index in [9.17, 15) is 52.8 Å². The number of hydrogen-bond donors (Lipinski definition) is 5. The summed E-state index contributed by atoms with van der Waals surface area (Å²) in [6.07, 6.45) is -5.32. The fourth-order valence-corrected chi connectivity index (χ4v) is 6.71. The number of rotatable bonds is 8. The predicted octanol–water partition coefficient (Wildman–Crippen LogP) is 3.13. The summed E-state index contributed by atoms with van der Waals surface area (Å²) < 4.78 is 41.1. The number of primary amides is 1. The maximum Gasteiger partial charge on any atom is 0.573 e. The number of Topliss-reactive ketones (excluding diaryl/α,β-unsaturated/α-hetero) is 3. The molecule has 2 aromatic carbocycles. The minimum absolute atomic E-state index is 0.00386. The zero-order valence-electron chi connectivity index (χ0n) is 24.8. The lowest BCUT2D eigenvalue weighted by Crippen LogP contribution is -2.58. The van der Waals surface area contributed by atoms with Crippen molar-refractivity contribution in [2.45, 2.75) is 50.5 Å². The van der Waals surface area contributed by atoms with Crippen LogP contribution in [0.4, 0.5) is 18.9 Å². The molecule has 3 aliphatic carbocycles. The SMILES string of the molecule is CN(C)c1cc(CCC(=O)Cc2ccc(OC(F)(F)F)cc2)c(O)c2c1C[C@H]1C[C@H]3CC(=O)C(C(N)=O)=C(O)[C@@]3(O)C(=O)C1=C2O. The van der Waals surface area contributed by atoms with Gasteiger partial charge in [-0.15, -0.1) is 13.2 Å². The van der Waals surface area contributed by atoms with Crippen molar-refractivity contribution in [2.24, 2.45) is 17.6 Å². The number of aliphatic hydroxyl groups excluding tert-OH is 2. The van der Waals surface area contributed by atoms with Crippen LogP contribution in [0.1, 0.15) is 41.5 Å². The third kappa shape index (κ3) is 5.57. The van der Waals surface area contributed by atoms with Crippen LogP contribution in [0.15, 0.2) is 47.2 Å². The van der Waals surface area contributed by atoms with Crippen LogP contribution in [0.25, 0.3) is 5.76 Å². The van der Waals surface area contributed by atoms with Crippen molar-refractivity contribution in [1.29, 1.82) is 0 Å². The number of nitrogens with two attached hydrogens (primary N) is 1. The van der Waals surface area contributed by atoms with E-state index >= 15 is 0 Å². The first kappa shape index (κ1) is 32.5. The Morgan fingerprint density at radius 1 is 1.09 bits per heavy atom. The first-order chi connectivity index (χ1) is 21.4. The lowest BCUT2D eigenvalue weighted by molar-refractivity contribution is -0.274. The van der Waals surface area contributed by atoms with Crippen LogP contribution in [0.3, 0.4) is 0 Å². The van der Waals surface area contributed by atoms with Crippen LogP contribution in [-0.4, -0.2) is 69.7 Å². The van der Waals surface area contributed by atoms with Crippen LogP contribution in [0.5, 0.6) is 11.5 Å². The Kier molecular flexibility index (Phi) is 8.14. The maximum absolute atomic E-state index is 13.8. The van der Waals surface area contributed by atoms with Gasteiger partial charge in [0.1, 0.15) is 34.4 Å². The molecule has 0 bridgehead atoms. The van der Waals surface area contributed by atoms with Crippen LogP contribution in [0, 0.1) is 11.8 Å². The Labute approximate surface area is 260 Å². The summed E-state index contributed by atoms with van der Waals surface area (Å²) in [5.74, 6) is -7.92. The number of aliphatic hydroxyl groups is 3. The first-order valence-corrected chi connectivity index (χ1v) is 14.3. The maximum atomic E-state index is 13.8. The van der Waals surface area contributed by atoms with Gasteiger partial charge in [0, 0.05) is 50.5 Å². The van der Waals surface area contributed by atoms with Gasteiger partial charge in [-0.3, -0.25) is 19.2 Å². The van der Waals surface area contributed by atoms with Crippen molar-refractivity contribution in [3.8, 4) is 11.5 Å². The summed E-state index contributed by atoms with van der Waals surface area (Å²) >= 11 is 0. The monoisotopic (exact) mass is 644 g/mol. The number of anilines is 1. The zero-order valence-corrected chi connectivity index (χ0v) is 24.8. The van der Waals surface area contributed by atoms with Crippen LogP contribution < -0.4 is 15.4 Å². The van der Waals surface area contributed by atoms with E-state index < -0.39 is 76.3 Å². The smallest absolute Gasteiger partial charge is 0.508 e. The molecule has 2 aromatic rings. The molecule has 0 heterocycles. The van der Waals surface area contributed by atoms with Gasteiger partial charge in [-0.2, -0.15) is 0 Å². The van der Waals surface area contributed by atoms with Gasteiger partial charge in [-0.05, 0) is 60.1 Å². The third-order valence-electron chi connectivity index (χ3n) is 8.83. The van der Waals surface area contributed by atoms with Crippen molar-refractivity contribution in [2.75, 3.05) is 19.0 Å². The zero-order chi connectivity index (χ0) is 33.9. The molecule has 14 heteroatoms. The van der Waals surface area contributed by atoms with Gasteiger partial charge in [0.25, 0.3) is 5.91 Å². The highest BCUT2D eigenvalue weighted by atomic mass is 19.4. The summed E-state index contributed by atoms with van der Waals surface area (Å²) in [4.78, 5) is 52.7. The van der Waals surface area contributed by atoms with E-state index in [0.29, 0.717) is 16.8 Å². The van der Waals surface area contributed by atoms with Gasteiger partial charge < -0.3 is 35.8 Å². The predicted molar refractivity (Wildman–Crippen MR) is 156 cm³/mol. The third-order valence-corrected chi connectivity index (χ3v) is 8.83. The molecule has 6 N–H and O–H groups in total. The molecule has 3 aliphatic rings. The van der Waals surface area contributed by atoms with Gasteiger partial charge in [-0.1, -0.05) is 12.1 Å². The summed E-state index contributed by atoms with van der Waals surface area (Å²) in [5, 5.41) is 45.0. The number of ether oxygens (including phenoxy) is 1. The fourth-order valence-electron chi connectivity index (χ4n) is 6.71. The number of hydrogen-bond acceptors (Lipinski definition) is 10. The van der Waals surface area contributed by atoms with Crippen molar-refractivity contribution in [3.05, 3.63) is 69.5 Å². The molecule has 1 amide bonds. The average Bonchev–Trinajstić information content (AvgIpc) is 2.94. The van der Waals surface area contributed by atoms with E-state index in [0.717, 1.165) is 12.1 Å². The molecule has 0 aliphatic heterocycles. The molecule has 0 saturated heterocycles. The number of amides is 1. The Hall–Kier alpha value is -4.85. The van der Waals surface area contributed by atoms with Crippen LogP contribution in [0.2, 0.25) is 0 Å². The lowest BCUT2D eigenvalue weighted by Gasteiger charge is -2.46. The largest absolute Gasteiger partial charge is 0.573 e. The molecule has 1 fully saturated rings. The van der Waals surface area contributed by atoms with Crippen molar-refractivity contribution >= 4 is 34.7 Å². The fraction of sp³-hybridized carbons (Fsp3) is 0.375. The number of carbonyl (C=O) groups is 4. The highest BCUT2D eigenvalue weighted by molar-refractivity contribution is 6.22. The van der Waals surface area contributed by atoms with Gasteiger partial charge >= 0.3 is 6.36 Å². The second kappa shape index (κ2) is 11.5. The number of nitrogens with zero attached hydrogens (tertiary/aromatic N) is 1.